The van der Waals surface area contributed by atoms with E-state index < -0.39 is 6.10 Å². The van der Waals surface area contributed by atoms with Gasteiger partial charge in [0, 0.05) is 25.6 Å². The molecule has 1 aliphatic heterocycles. The normalized spacial score (nSPS) is 22.2. The monoisotopic (exact) mass is 323 g/mol. The van der Waals surface area contributed by atoms with E-state index >= 15 is 0 Å². The first-order chi connectivity index (χ1) is 10.5. The third-order valence-electron chi connectivity index (χ3n) is 4.17. The number of aliphatic hydroxyl groups is 2. The lowest BCUT2D eigenvalue weighted by Crippen LogP contribution is -2.47. The molecule has 1 saturated heterocycles. The Labute approximate surface area is 130 Å². The van der Waals surface area contributed by atoms with Gasteiger partial charge in [-0.25, -0.2) is 4.98 Å². The minimum atomic E-state index is -0.723. The number of rotatable bonds is 2. The molecule has 8 heteroatoms. The zero-order valence-corrected chi connectivity index (χ0v) is 12.9. The molecule has 1 aliphatic rings. The van der Waals surface area contributed by atoms with Crippen LogP contribution in [0.3, 0.4) is 0 Å². The average Bonchev–Trinajstić information content (AvgIpc) is 2.85. The van der Waals surface area contributed by atoms with Crippen molar-refractivity contribution in [3.63, 3.8) is 0 Å². The number of hydrogen-bond donors (Lipinski definition) is 3. The van der Waals surface area contributed by atoms with Gasteiger partial charge in [-0.1, -0.05) is 0 Å². The number of hydrogen-bond acceptors (Lipinski definition) is 6. The second kappa shape index (κ2) is 5.79. The Morgan fingerprint density at radius 3 is 3.00 bits per heavy atom. The number of nitrogens with one attached hydrogen (secondary N) is 1. The molecule has 0 bridgehead atoms. The molecule has 2 atom stereocenters. The summed E-state index contributed by atoms with van der Waals surface area (Å²) in [7, 11) is 0. The summed E-state index contributed by atoms with van der Waals surface area (Å²) in [5.41, 5.74) is 0.370. The quantitative estimate of drug-likeness (QED) is 0.727. The molecule has 2 aromatic heterocycles. The van der Waals surface area contributed by atoms with Crippen LogP contribution in [0.1, 0.15) is 21.7 Å². The van der Waals surface area contributed by atoms with Gasteiger partial charge in [-0.2, -0.15) is 0 Å². The number of carbonyl (C=O) groups excluding carboxylic acids is 1. The molecule has 1 amide bonds. The fourth-order valence-corrected chi connectivity index (χ4v) is 3.92. The van der Waals surface area contributed by atoms with Crippen LogP contribution in [0.2, 0.25) is 0 Å². The summed E-state index contributed by atoms with van der Waals surface area (Å²) in [6.07, 6.45) is 1.16. The van der Waals surface area contributed by atoms with Crippen LogP contribution in [-0.4, -0.2) is 56.8 Å². The lowest BCUT2D eigenvalue weighted by atomic mass is 9.94. The summed E-state index contributed by atoms with van der Waals surface area (Å²) in [6.45, 7) is 2.34. The number of aromatic nitrogens is 2. The topological polar surface area (TPSA) is 107 Å². The van der Waals surface area contributed by atoms with Crippen LogP contribution in [0.15, 0.2) is 11.1 Å². The average molecular weight is 323 g/mol. The van der Waals surface area contributed by atoms with E-state index in [0.717, 1.165) is 0 Å². The molecular weight excluding hydrogens is 306 g/mol. The molecule has 0 spiro atoms. The Balaban J connectivity index is 1.92. The third-order valence-corrected chi connectivity index (χ3v) is 5.36. The van der Waals surface area contributed by atoms with E-state index in [1.54, 1.807) is 11.8 Å². The summed E-state index contributed by atoms with van der Waals surface area (Å²) in [5, 5.41) is 19.6. The highest BCUT2D eigenvalue weighted by molar-refractivity contribution is 7.20. The number of aryl methyl sites for hydroxylation is 1. The molecule has 3 heterocycles. The van der Waals surface area contributed by atoms with Gasteiger partial charge in [-0.3, -0.25) is 9.59 Å². The number of piperidine rings is 1. The number of fused-ring (bicyclic) bond motifs is 1. The predicted molar refractivity (Wildman–Crippen MR) is 82.1 cm³/mol. The maximum atomic E-state index is 12.7. The van der Waals surface area contributed by atoms with E-state index in [9.17, 15) is 14.7 Å². The van der Waals surface area contributed by atoms with Gasteiger partial charge in [0.25, 0.3) is 11.5 Å². The lowest BCUT2D eigenvalue weighted by molar-refractivity contribution is 0.00104. The Morgan fingerprint density at radius 2 is 2.36 bits per heavy atom. The standard InChI is InChI=1S/C14H17N3O4S/c1-7-10-12(20)15-6-16-13(10)22-11(7)14(21)17-3-2-8(5-18)9(19)4-17/h6,8-9,18-19H,2-5H2,1H3,(H,15,16,20)/t8-,9-/m1/s1. The van der Waals surface area contributed by atoms with Crippen LogP contribution in [0.5, 0.6) is 0 Å². The van der Waals surface area contributed by atoms with Crippen molar-refractivity contribution in [1.82, 2.24) is 14.9 Å². The number of aromatic amines is 1. The number of H-pyrrole nitrogens is 1. The minimum Gasteiger partial charge on any atom is -0.396 e. The number of likely N-dealkylation sites (tertiary alicyclic amines) is 1. The highest BCUT2D eigenvalue weighted by Crippen LogP contribution is 2.29. The van der Waals surface area contributed by atoms with Crippen LogP contribution in [0.25, 0.3) is 10.2 Å². The van der Waals surface area contributed by atoms with E-state index in [1.165, 1.54) is 17.7 Å². The van der Waals surface area contributed by atoms with E-state index in [0.29, 0.717) is 33.6 Å². The van der Waals surface area contributed by atoms with Gasteiger partial charge in [-0.05, 0) is 18.9 Å². The van der Waals surface area contributed by atoms with E-state index in [1.807, 2.05) is 0 Å². The Hall–Kier alpha value is -1.77. The van der Waals surface area contributed by atoms with Gasteiger partial charge in [0.15, 0.2) is 0 Å². The molecule has 22 heavy (non-hydrogen) atoms. The zero-order chi connectivity index (χ0) is 15.9. The summed E-state index contributed by atoms with van der Waals surface area (Å²) < 4.78 is 0. The van der Waals surface area contributed by atoms with Crippen molar-refractivity contribution in [2.24, 2.45) is 5.92 Å². The number of carbonyl (C=O) groups is 1. The van der Waals surface area contributed by atoms with Crippen LogP contribution in [-0.2, 0) is 0 Å². The van der Waals surface area contributed by atoms with Crippen LogP contribution >= 0.6 is 11.3 Å². The SMILES string of the molecule is Cc1c(C(=O)N2CC[C@H](CO)[C@H](O)C2)sc2nc[nH]c(=O)c12. The van der Waals surface area contributed by atoms with Crippen molar-refractivity contribution in [1.29, 1.82) is 0 Å². The van der Waals surface area contributed by atoms with Gasteiger partial charge < -0.3 is 20.1 Å². The minimum absolute atomic E-state index is 0.0790. The smallest absolute Gasteiger partial charge is 0.264 e. The van der Waals surface area contributed by atoms with Crippen molar-refractivity contribution in [2.45, 2.75) is 19.4 Å². The number of amides is 1. The Bertz CT molecular complexity index is 769. The summed E-state index contributed by atoms with van der Waals surface area (Å²) in [5.74, 6) is -0.382. The second-order valence-corrected chi connectivity index (χ2v) is 6.52. The number of nitrogens with zero attached hydrogens (tertiary/aromatic N) is 2. The van der Waals surface area contributed by atoms with Gasteiger partial charge in [-0.15, -0.1) is 11.3 Å². The fourth-order valence-electron chi connectivity index (χ4n) is 2.80. The van der Waals surface area contributed by atoms with Gasteiger partial charge in [0.2, 0.25) is 0 Å². The summed E-state index contributed by atoms with van der Waals surface area (Å²) in [6, 6.07) is 0. The van der Waals surface area contributed by atoms with Crippen molar-refractivity contribution in [2.75, 3.05) is 19.7 Å². The number of thiophene rings is 1. The highest BCUT2D eigenvalue weighted by atomic mass is 32.1. The maximum Gasteiger partial charge on any atom is 0.264 e. The molecule has 2 aromatic rings. The zero-order valence-electron chi connectivity index (χ0n) is 12.1. The van der Waals surface area contributed by atoms with Gasteiger partial charge >= 0.3 is 0 Å². The predicted octanol–water partition coefficient (Wildman–Crippen LogP) is 0.108. The van der Waals surface area contributed by atoms with Crippen molar-refractivity contribution < 1.29 is 15.0 Å². The summed E-state index contributed by atoms with van der Waals surface area (Å²) >= 11 is 1.19. The van der Waals surface area contributed by atoms with E-state index in [4.69, 9.17) is 5.11 Å². The largest absolute Gasteiger partial charge is 0.396 e. The van der Waals surface area contributed by atoms with Crippen LogP contribution in [0, 0.1) is 12.8 Å². The molecule has 0 saturated carbocycles. The number of aliphatic hydroxyl groups excluding tert-OH is 2. The van der Waals surface area contributed by atoms with Gasteiger partial charge in [0.1, 0.15) is 4.83 Å². The molecule has 0 aliphatic carbocycles. The fraction of sp³-hybridized carbons (Fsp3) is 0.500. The molecule has 3 N–H and O–H groups in total. The van der Waals surface area contributed by atoms with E-state index in [2.05, 4.69) is 9.97 Å². The van der Waals surface area contributed by atoms with Gasteiger partial charge in [0.05, 0.1) is 22.7 Å². The van der Waals surface area contributed by atoms with E-state index in [-0.39, 0.29) is 30.5 Å². The first-order valence-electron chi connectivity index (χ1n) is 7.08. The lowest BCUT2D eigenvalue weighted by Gasteiger charge is -2.35. The number of β-amino-alcohol motifs (C(OH)–C–C–N with tert-alkyl or cyclic N) is 1. The Morgan fingerprint density at radius 1 is 1.59 bits per heavy atom. The third kappa shape index (κ3) is 2.43. The molecule has 118 valence electrons. The van der Waals surface area contributed by atoms with Crippen molar-refractivity contribution in [3.8, 4) is 0 Å². The second-order valence-electron chi connectivity index (χ2n) is 5.52. The van der Waals surface area contributed by atoms with Crippen LogP contribution in [0.4, 0.5) is 0 Å². The Kier molecular flexibility index (Phi) is 3.98. The maximum absolute atomic E-state index is 12.7. The molecule has 0 radical (unpaired) electrons. The first-order valence-corrected chi connectivity index (χ1v) is 7.89. The van der Waals surface area contributed by atoms with Crippen molar-refractivity contribution >= 4 is 27.5 Å². The highest BCUT2D eigenvalue weighted by Gasteiger charge is 2.31. The molecule has 0 aromatic carbocycles. The molecule has 7 nitrogen and oxygen atoms in total. The summed E-state index contributed by atoms with van der Waals surface area (Å²) in [4.78, 5) is 33.7. The molecular formula is C14H17N3O4S. The van der Waals surface area contributed by atoms with Crippen molar-refractivity contribution in [3.05, 3.63) is 27.1 Å². The van der Waals surface area contributed by atoms with Crippen LogP contribution < -0.4 is 5.56 Å². The first kappa shape index (κ1) is 15.1. The molecule has 1 fully saturated rings. The molecule has 0 unspecified atom stereocenters. The molecule has 3 rings (SSSR count).